The SMILES string of the molecule is O=C1Nc2ccccc2/C1=C\N1CCN(C(=O)c2ccco2)CC1. The number of nitrogens with one attached hydrogen (secondary N) is 1. The highest BCUT2D eigenvalue weighted by atomic mass is 16.3. The minimum atomic E-state index is -0.0868. The second kappa shape index (κ2) is 5.88. The Morgan fingerprint density at radius 3 is 2.62 bits per heavy atom. The van der Waals surface area contributed by atoms with E-state index in [-0.39, 0.29) is 11.8 Å². The molecule has 0 radical (unpaired) electrons. The molecule has 122 valence electrons. The maximum Gasteiger partial charge on any atom is 0.289 e. The Morgan fingerprint density at radius 2 is 1.88 bits per heavy atom. The van der Waals surface area contributed by atoms with Gasteiger partial charge in [-0.25, -0.2) is 0 Å². The average Bonchev–Trinajstić information content (AvgIpc) is 3.24. The molecule has 6 nitrogen and oxygen atoms in total. The number of furan rings is 1. The van der Waals surface area contributed by atoms with Gasteiger partial charge in [-0.15, -0.1) is 0 Å². The summed E-state index contributed by atoms with van der Waals surface area (Å²) in [7, 11) is 0. The van der Waals surface area contributed by atoms with Gasteiger partial charge >= 0.3 is 0 Å². The van der Waals surface area contributed by atoms with E-state index in [1.54, 1.807) is 17.0 Å². The van der Waals surface area contributed by atoms with Crippen molar-refractivity contribution in [3.63, 3.8) is 0 Å². The van der Waals surface area contributed by atoms with Crippen LogP contribution in [0.1, 0.15) is 16.1 Å². The topological polar surface area (TPSA) is 65.8 Å². The molecule has 3 heterocycles. The number of piperazine rings is 1. The summed E-state index contributed by atoms with van der Waals surface area (Å²) >= 11 is 0. The summed E-state index contributed by atoms with van der Waals surface area (Å²) < 4.78 is 5.17. The van der Waals surface area contributed by atoms with Crippen molar-refractivity contribution in [1.29, 1.82) is 0 Å². The van der Waals surface area contributed by atoms with Gasteiger partial charge in [0.15, 0.2) is 5.76 Å². The maximum atomic E-state index is 12.3. The zero-order chi connectivity index (χ0) is 16.5. The van der Waals surface area contributed by atoms with Crippen molar-refractivity contribution in [3.8, 4) is 0 Å². The Kier molecular flexibility index (Phi) is 3.57. The molecule has 0 atom stereocenters. The van der Waals surface area contributed by atoms with Crippen LogP contribution in [0.15, 0.2) is 53.3 Å². The quantitative estimate of drug-likeness (QED) is 0.859. The lowest BCUT2D eigenvalue weighted by molar-refractivity contribution is -0.110. The van der Waals surface area contributed by atoms with Gasteiger partial charge < -0.3 is 19.5 Å². The first-order chi connectivity index (χ1) is 11.7. The van der Waals surface area contributed by atoms with E-state index in [2.05, 4.69) is 10.2 Å². The van der Waals surface area contributed by atoms with Crippen LogP contribution in [0.5, 0.6) is 0 Å². The molecule has 2 aliphatic rings. The van der Waals surface area contributed by atoms with Crippen LogP contribution in [0.4, 0.5) is 5.69 Å². The molecule has 0 bridgehead atoms. The van der Waals surface area contributed by atoms with Crippen molar-refractivity contribution in [2.24, 2.45) is 0 Å². The first-order valence-corrected chi connectivity index (χ1v) is 7.92. The largest absolute Gasteiger partial charge is 0.459 e. The van der Waals surface area contributed by atoms with Crippen molar-refractivity contribution in [3.05, 3.63) is 60.2 Å². The second-order valence-electron chi connectivity index (χ2n) is 5.85. The molecule has 0 unspecified atom stereocenters. The summed E-state index contributed by atoms with van der Waals surface area (Å²) in [6, 6.07) is 11.1. The molecular weight excluding hydrogens is 306 g/mol. The van der Waals surface area contributed by atoms with Crippen LogP contribution in [-0.4, -0.2) is 47.8 Å². The van der Waals surface area contributed by atoms with Gasteiger partial charge in [-0.2, -0.15) is 0 Å². The third kappa shape index (κ3) is 2.56. The maximum absolute atomic E-state index is 12.3. The van der Waals surface area contributed by atoms with Gasteiger partial charge in [0.05, 0.1) is 11.8 Å². The lowest BCUT2D eigenvalue weighted by Crippen LogP contribution is -2.46. The molecule has 4 rings (SSSR count). The molecule has 1 saturated heterocycles. The molecule has 1 aromatic carbocycles. The Bertz CT molecular complexity index is 803. The molecule has 0 spiro atoms. The number of amides is 2. The number of rotatable bonds is 2. The highest BCUT2D eigenvalue weighted by molar-refractivity contribution is 6.31. The minimum Gasteiger partial charge on any atom is -0.459 e. The Balaban J connectivity index is 1.45. The minimum absolute atomic E-state index is 0.0784. The summed E-state index contributed by atoms with van der Waals surface area (Å²) in [5, 5.41) is 2.87. The molecule has 1 N–H and O–H groups in total. The van der Waals surface area contributed by atoms with E-state index in [9.17, 15) is 9.59 Å². The van der Waals surface area contributed by atoms with Crippen molar-refractivity contribution in [1.82, 2.24) is 9.80 Å². The molecule has 24 heavy (non-hydrogen) atoms. The fourth-order valence-corrected chi connectivity index (χ4v) is 3.06. The highest BCUT2D eigenvalue weighted by Gasteiger charge is 2.26. The molecule has 0 aliphatic carbocycles. The van der Waals surface area contributed by atoms with Gasteiger partial charge in [0.2, 0.25) is 0 Å². The molecule has 1 fully saturated rings. The molecule has 1 aromatic heterocycles. The molecule has 2 amide bonds. The number of benzene rings is 1. The first-order valence-electron chi connectivity index (χ1n) is 7.92. The van der Waals surface area contributed by atoms with Crippen LogP contribution >= 0.6 is 0 Å². The number of fused-ring (bicyclic) bond motifs is 1. The fraction of sp³-hybridized carbons (Fsp3) is 0.222. The van der Waals surface area contributed by atoms with E-state index in [0.29, 0.717) is 37.5 Å². The zero-order valence-corrected chi connectivity index (χ0v) is 13.1. The number of nitrogens with zero attached hydrogens (tertiary/aromatic N) is 2. The smallest absolute Gasteiger partial charge is 0.289 e. The molecule has 2 aromatic rings. The number of para-hydroxylation sites is 1. The second-order valence-corrected chi connectivity index (χ2v) is 5.85. The van der Waals surface area contributed by atoms with E-state index in [1.165, 1.54) is 6.26 Å². The van der Waals surface area contributed by atoms with Crippen molar-refractivity contribution < 1.29 is 14.0 Å². The van der Waals surface area contributed by atoms with E-state index >= 15 is 0 Å². The highest BCUT2D eigenvalue weighted by Crippen LogP contribution is 2.31. The summed E-state index contributed by atoms with van der Waals surface area (Å²) in [4.78, 5) is 28.3. The standard InChI is InChI=1S/C18H17N3O3/c22-17-14(13-4-1-2-5-15(13)19-17)12-20-7-9-21(10-8-20)18(23)16-6-3-11-24-16/h1-6,11-12H,7-10H2,(H,19,22)/b14-12+. The number of anilines is 1. The first kappa shape index (κ1) is 14.6. The number of hydrogen-bond donors (Lipinski definition) is 1. The summed E-state index contributed by atoms with van der Waals surface area (Å²) in [5.74, 6) is 0.201. The van der Waals surface area contributed by atoms with Crippen LogP contribution in [0.25, 0.3) is 5.57 Å². The van der Waals surface area contributed by atoms with Gasteiger partial charge in [-0.3, -0.25) is 9.59 Å². The lowest BCUT2D eigenvalue weighted by Gasteiger charge is -2.33. The normalized spacial score (nSPS) is 18.7. The summed E-state index contributed by atoms with van der Waals surface area (Å²) in [6.07, 6.45) is 3.40. The van der Waals surface area contributed by atoms with E-state index in [0.717, 1.165) is 11.3 Å². The van der Waals surface area contributed by atoms with Gasteiger partial charge in [0.25, 0.3) is 11.8 Å². The van der Waals surface area contributed by atoms with Crippen LogP contribution < -0.4 is 5.32 Å². The number of hydrogen-bond acceptors (Lipinski definition) is 4. The van der Waals surface area contributed by atoms with Crippen molar-refractivity contribution in [2.75, 3.05) is 31.5 Å². The number of carbonyl (C=O) groups excluding carboxylic acids is 2. The molecule has 2 aliphatic heterocycles. The van der Waals surface area contributed by atoms with Crippen LogP contribution in [0.3, 0.4) is 0 Å². The van der Waals surface area contributed by atoms with E-state index < -0.39 is 0 Å². The van der Waals surface area contributed by atoms with Gasteiger partial charge in [-0.05, 0) is 18.2 Å². The van der Waals surface area contributed by atoms with Crippen molar-refractivity contribution >= 4 is 23.1 Å². The molecule has 0 saturated carbocycles. The van der Waals surface area contributed by atoms with Crippen molar-refractivity contribution in [2.45, 2.75) is 0 Å². The molecule has 6 heteroatoms. The third-order valence-electron chi connectivity index (χ3n) is 4.36. The fourth-order valence-electron chi connectivity index (χ4n) is 3.06. The van der Waals surface area contributed by atoms with Gasteiger partial charge in [-0.1, -0.05) is 18.2 Å². The third-order valence-corrected chi connectivity index (χ3v) is 4.36. The predicted octanol–water partition coefficient (Wildman–Crippen LogP) is 2.03. The van der Waals surface area contributed by atoms with Gasteiger partial charge in [0.1, 0.15) is 0 Å². The Labute approximate surface area is 139 Å². The Hall–Kier alpha value is -3.02. The van der Waals surface area contributed by atoms with Crippen LogP contribution in [-0.2, 0) is 4.79 Å². The van der Waals surface area contributed by atoms with Gasteiger partial charge in [0, 0.05) is 43.6 Å². The Morgan fingerprint density at radius 1 is 1.08 bits per heavy atom. The summed E-state index contributed by atoms with van der Waals surface area (Å²) in [6.45, 7) is 2.58. The van der Waals surface area contributed by atoms with Crippen LogP contribution in [0, 0.1) is 0 Å². The zero-order valence-electron chi connectivity index (χ0n) is 13.1. The predicted molar refractivity (Wildman–Crippen MR) is 89.2 cm³/mol. The summed E-state index contributed by atoms with van der Waals surface area (Å²) in [5.41, 5.74) is 2.45. The monoisotopic (exact) mass is 323 g/mol. The number of carbonyl (C=O) groups is 2. The molecular formula is C18H17N3O3. The van der Waals surface area contributed by atoms with E-state index in [1.807, 2.05) is 30.5 Å². The average molecular weight is 323 g/mol. The van der Waals surface area contributed by atoms with E-state index in [4.69, 9.17) is 4.42 Å². The lowest BCUT2D eigenvalue weighted by atomic mass is 10.1. The van der Waals surface area contributed by atoms with Crippen LogP contribution in [0.2, 0.25) is 0 Å².